The van der Waals surface area contributed by atoms with Crippen LogP contribution in [0.4, 0.5) is 5.69 Å². The van der Waals surface area contributed by atoms with Gasteiger partial charge < -0.3 is 0 Å². The highest BCUT2D eigenvalue weighted by Gasteiger charge is 2.36. The van der Waals surface area contributed by atoms with E-state index in [0.29, 0.717) is 27.4 Å². The Bertz CT molecular complexity index is 930. The topological polar surface area (TPSA) is 66.9 Å². The molecule has 0 spiro atoms. The van der Waals surface area contributed by atoms with Gasteiger partial charge in [0.25, 0.3) is 17.7 Å². The van der Waals surface area contributed by atoms with Gasteiger partial charge in [-0.3, -0.25) is 19.2 Å². The van der Waals surface area contributed by atoms with Crippen LogP contribution >= 0.6 is 11.6 Å². The molecule has 0 saturated heterocycles. The van der Waals surface area contributed by atoms with E-state index >= 15 is 0 Å². The summed E-state index contributed by atoms with van der Waals surface area (Å²) in [6.45, 7) is 5.55. The monoisotopic (exact) mass is 400 g/mol. The van der Waals surface area contributed by atoms with E-state index in [1.54, 1.807) is 63.2 Å². The molecule has 7 heteroatoms. The predicted molar refractivity (Wildman–Crippen MR) is 106 cm³/mol. The van der Waals surface area contributed by atoms with Gasteiger partial charge >= 0.3 is 0 Å². The number of rotatable bonds is 4. The highest BCUT2D eigenvalue weighted by molar-refractivity contribution is 6.35. The van der Waals surface area contributed by atoms with Crippen molar-refractivity contribution in [1.29, 1.82) is 0 Å². The number of anilines is 1. The molecule has 6 nitrogen and oxygen atoms in total. The lowest BCUT2D eigenvalue weighted by Gasteiger charge is -2.27. The molecule has 0 saturated carbocycles. The summed E-state index contributed by atoms with van der Waals surface area (Å²) in [7, 11) is 1.42. The first-order valence-corrected chi connectivity index (χ1v) is 9.15. The summed E-state index contributed by atoms with van der Waals surface area (Å²) in [5.41, 5.74) is 1.15. The first kappa shape index (κ1) is 20.0. The van der Waals surface area contributed by atoms with E-state index in [1.165, 1.54) is 12.2 Å². The van der Waals surface area contributed by atoms with E-state index in [2.05, 4.69) is 0 Å². The second-order valence-corrected chi connectivity index (χ2v) is 7.95. The van der Waals surface area contributed by atoms with Gasteiger partial charge in [0.05, 0.1) is 30.5 Å². The van der Waals surface area contributed by atoms with E-state index < -0.39 is 5.41 Å². The van der Waals surface area contributed by atoms with Crippen molar-refractivity contribution in [2.75, 3.05) is 12.0 Å². The average molecular weight is 401 g/mol. The Morgan fingerprint density at radius 1 is 1.07 bits per heavy atom. The summed E-state index contributed by atoms with van der Waals surface area (Å²) in [5, 5.41) is 1.57. The van der Waals surface area contributed by atoms with E-state index in [-0.39, 0.29) is 24.3 Å². The summed E-state index contributed by atoms with van der Waals surface area (Å²) < 4.78 is 0. The molecule has 0 bridgehead atoms. The smallest absolute Gasteiger partial charge is 0.266 e. The maximum atomic E-state index is 12.6. The molecule has 0 N–H and O–H groups in total. The summed E-state index contributed by atoms with van der Waals surface area (Å²) in [6, 6.07) is 11.6. The third-order valence-corrected chi connectivity index (χ3v) is 4.84. The van der Waals surface area contributed by atoms with Gasteiger partial charge in [-0.25, -0.2) is 9.96 Å². The van der Waals surface area contributed by atoms with Gasteiger partial charge in [0.2, 0.25) is 0 Å². The lowest BCUT2D eigenvalue weighted by Crippen LogP contribution is -2.38. The number of hydroxylamine groups is 2. The van der Waals surface area contributed by atoms with Crippen LogP contribution in [0.1, 0.15) is 47.1 Å². The molecule has 0 fully saturated rings. The van der Waals surface area contributed by atoms with Crippen molar-refractivity contribution < 1.29 is 19.2 Å². The number of fused-ring (bicyclic) bond motifs is 1. The van der Waals surface area contributed by atoms with Crippen molar-refractivity contribution in [1.82, 2.24) is 5.06 Å². The van der Waals surface area contributed by atoms with E-state index in [1.807, 2.05) is 0 Å². The molecular weight excluding hydrogens is 380 g/mol. The Kier molecular flexibility index (Phi) is 5.28. The molecule has 1 aliphatic rings. The van der Waals surface area contributed by atoms with Crippen molar-refractivity contribution in [2.45, 2.75) is 27.3 Å². The second kappa shape index (κ2) is 7.37. The number of amides is 3. The Morgan fingerprint density at radius 3 is 2.11 bits per heavy atom. The third-order valence-electron chi connectivity index (χ3n) is 4.49. The number of halogens is 1. The normalized spacial score (nSPS) is 13.7. The molecule has 0 aromatic heterocycles. The summed E-state index contributed by atoms with van der Waals surface area (Å²) in [6.07, 6.45) is 0. The maximum Gasteiger partial charge on any atom is 0.266 e. The second-order valence-electron chi connectivity index (χ2n) is 7.54. The van der Waals surface area contributed by atoms with Crippen molar-refractivity contribution in [2.24, 2.45) is 5.41 Å². The molecule has 2 aromatic rings. The quantitative estimate of drug-likeness (QED) is 0.573. The van der Waals surface area contributed by atoms with Gasteiger partial charge in [-0.05, 0) is 29.8 Å². The Balaban J connectivity index is 1.87. The number of carbonyl (C=O) groups excluding carboxylic acids is 3. The van der Waals surface area contributed by atoms with Gasteiger partial charge in [-0.2, -0.15) is 0 Å². The van der Waals surface area contributed by atoms with Crippen LogP contribution in [-0.4, -0.2) is 29.9 Å². The fourth-order valence-corrected chi connectivity index (χ4v) is 3.21. The zero-order valence-corrected chi connectivity index (χ0v) is 16.9. The lowest BCUT2D eigenvalue weighted by atomic mass is 9.95. The molecule has 2 aromatic carbocycles. The Morgan fingerprint density at radius 2 is 1.64 bits per heavy atom. The average Bonchev–Trinajstić information content (AvgIpc) is 2.90. The van der Waals surface area contributed by atoms with Crippen LogP contribution in [-0.2, 0) is 16.2 Å². The zero-order chi connectivity index (χ0) is 20.6. The minimum atomic E-state index is -0.609. The summed E-state index contributed by atoms with van der Waals surface area (Å²) in [4.78, 5) is 44.0. The first-order valence-electron chi connectivity index (χ1n) is 8.77. The first-order chi connectivity index (χ1) is 13.1. The van der Waals surface area contributed by atoms with Crippen molar-refractivity contribution in [3.05, 3.63) is 64.2 Å². The Labute approximate surface area is 168 Å². The number of nitrogens with zero attached hydrogens (tertiary/aromatic N) is 2. The molecule has 0 unspecified atom stereocenters. The number of carbonyl (C=O) groups is 3. The fourth-order valence-electron chi connectivity index (χ4n) is 2.98. The standard InChI is InChI=1S/C21H21ClN2O4/c1-21(2,3)20(27)23(28-4)12-13-9-10-14(11-17(13)22)24-18(25)15-7-5-6-8-16(15)19(24)26/h5-11H,12H2,1-4H3. The number of hydrogen-bond acceptors (Lipinski definition) is 4. The molecule has 1 heterocycles. The van der Waals surface area contributed by atoms with Gasteiger partial charge in [0.1, 0.15) is 0 Å². The maximum absolute atomic E-state index is 12.6. The SMILES string of the molecule is CON(Cc1ccc(N2C(=O)c3ccccc3C2=O)cc1Cl)C(=O)C(C)(C)C. The molecule has 0 atom stereocenters. The molecule has 0 aliphatic carbocycles. The molecule has 0 radical (unpaired) electrons. The van der Waals surface area contributed by atoms with Crippen LogP contribution in [0.15, 0.2) is 42.5 Å². The van der Waals surface area contributed by atoms with Gasteiger partial charge in [-0.1, -0.05) is 50.6 Å². The van der Waals surface area contributed by atoms with Crippen molar-refractivity contribution in [3.63, 3.8) is 0 Å². The highest BCUT2D eigenvalue weighted by Crippen LogP contribution is 2.32. The minimum Gasteiger partial charge on any atom is -0.274 e. The van der Waals surface area contributed by atoms with Crippen molar-refractivity contribution in [3.8, 4) is 0 Å². The van der Waals surface area contributed by atoms with Crippen LogP contribution < -0.4 is 4.90 Å². The number of imide groups is 1. The zero-order valence-electron chi connectivity index (χ0n) is 16.2. The molecule has 3 rings (SSSR count). The summed E-state index contributed by atoms with van der Waals surface area (Å²) in [5.74, 6) is -0.952. The van der Waals surface area contributed by atoms with E-state index in [4.69, 9.17) is 16.4 Å². The summed E-state index contributed by atoms with van der Waals surface area (Å²) >= 11 is 6.39. The largest absolute Gasteiger partial charge is 0.274 e. The minimum absolute atomic E-state index is 0.147. The Hall–Kier alpha value is -2.70. The predicted octanol–water partition coefficient (Wildman–Crippen LogP) is 4.08. The van der Waals surface area contributed by atoms with E-state index in [9.17, 15) is 14.4 Å². The van der Waals surface area contributed by atoms with Crippen LogP contribution in [0.3, 0.4) is 0 Å². The third kappa shape index (κ3) is 3.53. The fraction of sp³-hybridized carbons (Fsp3) is 0.286. The van der Waals surface area contributed by atoms with Gasteiger partial charge in [-0.15, -0.1) is 0 Å². The molecule has 3 amide bonds. The van der Waals surface area contributed by atoms with Crippen LogP contribution in [0.5, 0.6) is 0 Å². The van der Waals surface area contributed by atoms with Crippen LogP contribution in [0.25, 0.3) is 0 Å². The molecule has 146 valence electrons. The molecular formula is C21H21ClN2O4. The van der Waals surface area contributed by atoms with Gasteiger partial charge in [0.15, 0.2) is 0 Å². The number of hydrogen-bond donors (Lipinski definition) is 0. The number of benzene rings is 2. The van der Waals surface area contributed by atoms with Gasteiger partial charge in [0, 0.05) is 10.4 Å². The van der Waals surface area contributed by atoms with E-state index in [0.717, 1.165) is 4.90 Å². The molecule has 28 heavy (non-hydrogen) atoms. The lowest BCUT2D eigenvalue weighted by molar-refractivity contribution is -0.188. The van der Waals surface area contributed by atoms with Crippen LogP contribution in [0, 0.1) is 5.41 Å². The highest BCUT2D eigenvalue weighted by atomic mass is 35.5. The van der Waals surface area contributed by atoms with Crippen LogP contribution in [0.2, 0.25) is 5.02 Å². The molecule has 1 aliphatic heterocycles. The van der Waals surface area contributed by atoms with Crippen molar-refractivity contribution >= 4 is 35.0 Å².